The van der Waals surface area contributed by atoms with Gasteiger partial charge in [-0.3, -0.25) is 0 Å². The number of carbonyl (C=O) groups excluding carboxylic acids is 1. The summed E-state index contributed by atoms with van der Waals surface area (Å²) in [5, 5.41) is 5.61. The topological polar surface area (TPSA) is 50.4 Å². The molecule has 4 heteroatoms. The van der Waals surface area contributed by atoms with E-state index in [0.29, 0.717) is 19.7 Å². The van der Waals surface area contributed by atoms with Crippen LogP contribution in [0.1, 0.15) is 16.7 Å². The van der Waals surface area contributed by atoms with E-state index >= 15 is 0 Å². The Hall–Kier alpha value is -2.49. The average molecular weight is 298 g/mol. The fourth-order valence-corrected chi connectivity index (χ4v) is 2.11. The van der Waals surface area contributed by atoms with Crippen LogP contribution in [0.15, 0.2) is 48.5 Å². The minimum absolute atomic E-state index is 0.186. The standard InChI is InChI=1S/C18H22N2O2/c1-14-5-3-7-16(11-14)13-20-18(21)19-9-10-22-17-8-4-6-15(2)12-17/h3-8,11-12H,9-10,13H2,1-2H3,(H2,19,20,21). The van der Waals surface area contributed by atoms with Gasteiger partial charge in [-0.2, -0.15) is 0 Å². The summed E-state index contributed by atoms with van der Waals surface area (Å²) in [6.07, 6.45) is 0. The molecular weight excluding hydrogens is 276 g/mol. The van der Waals surface area contributed by atoms with Gasteiger partial charge in [0.1, 0.15) is 12.4 Å². The highest BCUT2D eigenvalue weighted by atomic mass is 16.5. The van der Waals surface area contributed by atoms with E-state index in [4.69, 9.17) is 4.74 Å². The Bertz CT molecular complexity index is 626. The maximum Gasteiger partial charge on any atom is 0.315 e. The molecule has 2 amide bonds. The predicted molar refractivity (Wildman–Crippen MR) is 88.1 cm³/mol. The summed E-state index contributed by atoms with van der Waals surface area (Å²) < 4.78 is 5.57. The van der Waals surface area contributed by atoms with Crippen LogP contribution in [0, 0.1) is 13.8 Å². The van der Waals surface area contributed by atoms with Crippen molar-refractivity contribution in [2.24, 2.45) is 0 Å². The summed E-state index contributed by atoms with van der Waals surface area (Å²) in [6.45, 7) is 5.48. The van der Waals surface area contributed by atoms with Crippen molar-refractivity contribution in [3.63, 3.8) is 0 Å². The molecule has 0 aliphatic carbocycles. The van der Waals surface area contributed by atoms with Crippen molar-refractivity contribution in [1.82, 2.24) is 10.6 Å². The minimum Gasteiger partial charge on any atom is -0.492 e. The fourth-order valence-electron chi connectivity index (χ4n) is 2.11. The molecule has 22 heavy (non-hydrogen) atoms. The van der Waals surface area contributed by atoms with E-state index in [1.165, 1.54) is 5.56 Å². The zero-order valence-electron chi connectivity index (χ0n) is 13.1. The number of urea groups is 1. The number of hydrogen-bond donors (Lipinski definition) is 2. The lowest BCUT2D eigenvalue weighted by Crippen LogP contribution is -2.37. The first-order chi connectivity index (χ1) is 10.6. The SMILES string of the molecule is Cc1cccc(CNC(=O)NCCOc2cccc(C)c2)c1. The van der Waals surface area contributed by atoms with Gasteiger partial charge in [0.25, 0.3) is 0 Å². The number of benzene rings is 2. The number of ether oxygens (including phenoxy) is 1. The van der Waals surface area contributed by atoms with Crippen molar-refractivity contribution in [1.29, 1.82) is 0 Å². The maximum atomic E-state index is 11.7. The summed E-state index contributed by atoms with van der Waals surface area (Å²) >= 11 is 0. The van der Waals surface area contributed by atoms with Gasteiger partial charge >= 0.3 is 6.03 Å². The number of nitrogens with one attached hydrogen (secondary N) is 2. The number of amides is 2. The molecule has 0 radical (unpaired) electrons. The second-order valence-corrected chi connectivity index (χ2v) is 5.26. The Labute approximate surface area is 131 Å². The summed E-state index contributed by atoms with van der Waals surface area (Å²) in [5.74, 6) is 0.821. The molecular formula is C18H22N2O2. The van der Waals surface area contributed by atoms with Crippen LogP contribution in [0.25, 0.3) is 0 Å². The van der Waals surface area contributed by atoms with E-state index < -0.39 is 0 Å². The van der Waals surface area contributed by atoms with Gasteiger partial charge in [0.05, 0.1) is 6.54 Å². The van der Waals surface area contributed by atoms with Crippen LogP contribution >= 0.6 is 0 Å². The summed E-state index contributed by atoms with van der Waals surface area (Å²) in [6, 6.07) is 15.7. The van der Waals surface area contributed by atoms with E-state index in [2.05, 4.69) is 16.7 Å². The normalized spacial score (nSPS) is 10.1. The first-order valence-corrected chi connectivity index (χ1v) is 7.40. The van der Waals surface area contributed by atoms with E-state index in [1.54, 1.807) is 0 Å². The molecule has 2 aromatic rings. The molecule has 0 spiro atoms. The van der Waals surface area contributed by atoms with Crippen LogP contribution in [0.3, 0.4) is 0 Å². The minimum atomic E-state index is -0.186. The van der Waals surface area contributed by atoms with Crippen molar-refractivity contribution in [3.8, 4) is 5.75 Å². The van der Waals surface area contributed by atoms with Crippen LogP contribution in [0.5, 0.6) is 5.75 Å². The van der Waals surface area contributed by atoms with Gasteiger partial charge in [0, 0.05) is 6.54 Å². The lowest BCUT2D eigenvalue weighted by molar-refractivity contribution is 0.236. The molecule has 0 atom stereocenters. The van der Waals surface area contributed by atoms with Crippen LogP contribution < -0.4 is 15.4 Å². The van der Waals surface area contributed by atoms with Gasteiger partial charge < -0.3 is 15.4 Å². The molecule has 0 saturated carbocycles. The highest BCUT2D eigenvalue weighted by Gasteiger charge is 2.00. The quantitative estimate of drug-likeness (QED) is 0.805. The van der Waals surface area contributed by atoms with Gasteiger partial charge in [-0.05, 0) is 37.1 Å². The molecule has 0 saturated heterocycles. The Morgan fingerprint density at radius 1 is 1.00 bits per heavy atom. The third-order valence-corrected chi connectivity index (χ3v) is 3.18. The van der Waals surface area contributed by atoms with Crippen molar-refractivity contribution in [3.05, 3.63) is 65.2 Å². The second kappa shape index (κ2) is 8.08. The summed E-state index contributed by atoms with van der Waals surface area (Å²) in [7, 11) is 0. The van der Waals surface area contributed by atoms with Crippen LogP contribution in [-0.4, -0.2) is 19.2 Å². The number of rotatable bonds is 6. The molecule has 4 nitrogen and oxygen atoms in total. The smallest absolute Gasteiger partial charge is 0.315 e. The van der Waals surface area contributed by atoms with Crippen molar-refractivity contribution >= 4 is 6.03 Å². The van der Waals surface area contributed by atoms with E-state index in [1.807, 2.05) is 56.3 Å². The van der Waals surface area contributed by atoms with Crippen LogP contribution in [-0.2, 0) is 6.54 Å². The van der Waals surface area contributed by atoms with Crippen LogP contribution in [0.4, 0.5) is 4.79 Å². The fraction of sp³-hybridized carbons (Fsp3) is 0.278. The van der Waals surface area contributed by atoms with Crippen molar-refractivity contribution in [2.45, 2.75) is 20.4 Å². The number of carbonyl (C=O) groups is 1. The lowest BCUT2D eigenvalue weighted by atomic mass is 10.1. The molecule has 0 heterocycles. The molecule has 0 unspecified atom stereocenters. The van der Waals surface area contributed by atoms with Gasteiger partial charge in [-0.15, -0.1) is 0 Å². The third-order valence-electron chi connectivity index (χ3n) is 3.18. The van der Waals surface area contributed by atoms with E-state index in [9.17, 15) is 4.79 Å². The van der Waals surface area contributed by atoms with Gasteiger partial charge in [0.15, 0.2) is 0 Å². The van der Waals surface area contributed by atoms with Gasteiger partial charge in [-0.25, -0.2) is 4.79 Å². The Morgan fingerprint density at radius 3 is 2.45 bits per heavy atom. The highest BCUT2D eigenvalue weighted by molar-refractivity contribution is 5.73. The Morgan fingerprint density at radius 2 is 1.73 bits per heavy atom. The lowest BCUT2D eigenvalue weighted by Gasteiger charge is -2.09. The molecule has 2 N–H and O–H groups in total. The first-order valence-electron chi connectivity index (χ1n) is 7.40. The average Bonchev–Trinajstić information content (AvgIpc) is 2.50. The molecule has 0 bridgehead atoms. The third kappa shape index (κ3) is 5.48. The maximum absolute atomic E-state index is 11.7. The van der Waals surface area contributed by atoms with E-state index in [-0.39, 0.29) is 6.03 Å². The van der Waals surface area contributed by atoms with Crippen LogP contribution in [0.2, 0.25) is 0 Å². The molecule has 0 aliphatic rings. The zero-order chi connectivity index (χ0) is 15.8. The Balaban J connectivity index is 1.63. The molecule has 2 rings (SSSR count). The zero-order valence-corrected chi connectivity index (χ0v) is 13.1. The molecule has 0 fully saturated rings. The van der Waals surface area contributed by atoms with Gasteiger partial charge in [-0.1, -0.05) is 42.0 Å². The highest BCUT2D eigenvalue weighted by Crippen LogP contribution is 2.11. The Kier molecular flexibility index (Phi) is 5.83. The van der Waals surface area contributed by atoms with E-state index in [0.717, 1.165) is 16.9 Å². The summed E-state index contributed by atoms with van der Waals surface area (Å²) in [4.78, 5) is 11.7. The van der Waals surface area contributed by atoms with Gasteiger partial charge in [0.2, 0.25) is 0 Å². The molecule has 116 valence electrons. The molecule has 0 aliphatic heterocycles. The second-order valence-electron chi connectivity index (χ2n) is 5.26. The van der Waals surface area contributed by atoms with Crippen molar-refractivity contribution < 1.29 is 9.53 Å². The largest absolute Gasteiger partial charge is 0.492 e. The predicted octanol–water partition coefficient (Wildman–Crippen LogP) is 3.18. The first kappa shape index (κ1) is 15.9. The van der Waals surface area contributed by atoms with Crippen molar-refractivity contribution in [2.75, 3.05) is 13.2 Å². The molecule has 2 aromatic carbocycles. The number of hydrogen-bond acceptors (Lipinski definition) is 2. The monoisotopic (exact) mass is 298 g/mol. The molecule has 0 aromatic heterocycles. The summed E-state index contributed by atoms with van der Waals surface area (Å²) in [5.41, 5.74) is 3.43. The number of aryl methyl sites for hydroxylation is 2.